The van der Waals surface area contributed by atoms with Crippen LogP contribution >= 0.6 is 22.9 Å². The summed E-state index contributed by atoms with van der Waals surface area (Å²) in [7, 11) is 0. The van der Waals surface area contributed by atoms with E-state index in [4.69, 9.17) is 16.0 Å². The first-order chi connectivity index (χ1) is 16.8. The number of phenolic OH excluding ortho intramolecular Hbond substituents is 1. The van der Waals surface area contributed by atoms with Gasteiger partial charge in [-0.3, -0.25) is 9.59 Å². The number of phenols is 1. The summed E-state index contributed by atoms with van der Waals surface area (Å²) in [4.78, 5) is 33.2. The number of hydrogen-bond donors (Lipinski definition) is 2. The molecule has 2 aromatic carbocycles. The summed E-state index contributed by atoms with van der Waals surface area (Å²) in [5.74, 6) is -1.49. The number of aliphatic hydroxyl groups excluding tert-OH is 1. The molecule has 0 saturated carbocycles. The van der Waals surface area contributed by atoms with Gasteiger partial charge in [-0.15, -0.1) is 11.3 Å². The zero-order valence-corrected chi connectivity index (χ0v) is 20.0. The minimum absolute atomic E-state index is 0.0206. The molecule has 0 fully saturated rings. The van der Waals surface area contributed by atoms with Crippen molar-refractivity contribution in [3.63, 3.8) is 0 Å². The maximum Gasteiger partial charge on any atom is 0.290 e. The summed E-state index contributed by atoms with van der Waals surface area (Å²) in [6.07, 6.45) is 1.48. The van der Waals surface area contributed by atoms with Gasteiger partial charge in [-0.05, 0) is 36.8 Å². The van der Waals surface area contributed by atoms with E-state index in [-0.39, 0.29) is 22.9 Å². The largest absolute Gasteiger partial charge is 0.506 e. The third-order valence-corrected chi connectivity index (χ3v) is 7.27. The van der Waals surface area contributed by atoms with Crippen molar-refractivity contribution < 1.29 is 24.2 Å². The van der Waals surface area contributed by atoms with E-state index in [0.29, 0.717) is 26.9 Å². The molecule has 1 aliphatic rings. The summed E-state index contributed by atoms with van der Waals surface area (Å²) in [5.41, 5.74) is 1.75. The number of aromatic hydroxyl groups is 1. The van der Waals surface area contributed by atoms with E-state index in [1.807, 2.05) is 30.3 Å². The standard InChI is InChI=1S/C26H19ClN2O5S/c1-14-24(35-25(28-14)15-6-3-2-4-7-15)22(31)20-21(16-9-10-19(30)18(27)12-16)29(26(33)23(20)32)13-17-8-5-11-34-17/h2-12,21,30,32H,13H2,1H3. The number of aryl methyl sites for hydroxylation is 1. The summed E-state index contributed by atoms with van der Waals surface area (Å²) in [6.45, 7) is 1.74. The molecule has 1 atom stereocenters. The van der Waals surface area contributed by atoms with Gasteiger partial charge in [-0.2, -0.15) is 0 Å². The second-order valence-electron chi connectivity index (χ2n) is 8.02. The topological polar surface area (TPSA) is 104 Å². The highest BCUT2D eigenvalue weighted by atomic mass is 35.5. The van der Waals surface area contributed by atoms with Crippen molar-refractivity contribution in [3.8, 4) is 16.3 Å². The van der Waals surface area contributed by atoms with Crippen LogP contribution in [0.3, 0.4) is 0 Å². The van der Waals surface area contributed by atoms with E-state index in [9.17, 15) is 19.8 Å². The molecule has 4 aromatic rings. The number of carbonyl (C=O) groups excluding carboxylic acids is 2. The van der Waals surface area contributed by atoms with Crippen molar-refractivity contribution in [2.45, 2.75) is 19.5 Å². The van der Waals surface area contributed by atoms with E-state index >= 15 is 0 Å². The van der Waals surface area contributed by atoms with E-state index in [2.05, 4.69) is 4.98 Å². The normalized spacial score (nSPS) is 15.8. The predicted octanol–water partition coefficient (Wildman–Crippen LogP) is 5.85. The molecule has 7 nitrogen and oxygen atoms in total. The Morgan fingerprint density at radius 1 is 1.14 bits per heavy atom. The number of furan rings is 1. The number of thiazole rings is 1. The summed E-state index contributed by atoms with van der Waals surface area (Å²) in [5, 5.41) is 21.5. The number of aromatic nitrogens is 1. The number of halogens is 1. The summed E-state index contributed by atoms with van der Waals surface area (Å²) >= 11 is 7.35. The number of Topliss-reactive ketones (excluding diaryl/α,β-unsaturated/α-hetero) is 1. The molecule has 0 bridgehead atoms. The maximum absolute atomic E-state index is 13.8. The Hall–Kier alpha value is -3.88. The lowest BCUT2D eigenvalue weighted by atomic mass is 9.95. The van der Waals surface area contributed by atoms with Crippen LogP contribution in [0.4, 0.5) is 0 Å². The van der Waals surface area contributed by atoms with E-state index in [0.717, 1.165) is 5.56 Å². The monoisotopic (exact) mass is 506 g/mol. The Balaban J connectivity index is 1.60. The third kappa shape index (κ3) is 4.11. The third-order valence-electron chi connectivity index (χ3n) is 5.77. The highest BCUT2D eigenvalue weighted by molar-refractivity contribution is 7.17. The number of ketones is 1. The number of amides is 1. The van der Waals surface area contributed by atoms with Crippen molar-refractivity contribution in [2.75, 3.05) is 0 Å². The predicted molar refractivity (Wildman–Crippen MR) is 131 cm³/mol. The number of rotatable bonds is 6. The van der Waals surface area contributed by atoms with Gasteiger partial charge in [0.2, 0.25) is 5.78 Å². The maximum atomic E-state index is 13.8. The lowest BCUT2D eigenvalue weighted by Crippen LogP contribution is -2.30. The molecule has 9 heteroatoms. The first-order valence-electron chi connectivity index (χ1n) is 10.7. The van der Waals surface area contributed by atoms with Crippen molar-refractivity contribution in [2.24, 2.45) is 0 Å². The van der Waals surface area contributed by atoms with Gasteiger partial charge in [0.05, 0.1) is 40.0 Å². The Morgan fingerprint density at radius 3 is 2.60 bits per heavy atom. The zero-order chi connectivity index (χ0) is 24.7. The first-order valence-corrected chi connectivity index (χ1v) is 11.9. The Morgan fingerprint density at radius 2 is 1.91 bits per heavy atom. The lowest BCUT2D eigenvalue weighted by Gasteiger charge is -2.26. The van der Waals surface area contributed by atoms with Crippen LogP contribution in [0, 0.1) is 6.92 Å². The molecule has 1 aliphatic heterocycles. The van der Waals surface area contributed by atoms with Gasteiger partial charge in [0, 0.05) is 5.56 Å². The molecular formula is C26H19ClN2O5S. The van der Waals surface area contributed by atoms with Crippen molar-refractivity contribution in [1.82, 2.24) is 9.88 Å². The molecule has 5 rings (SSSR count). The number of hydrogen-bond acceptors (Lipinski definition) is 7. The second-order valence-corrected chi connectivity index (χ2v) is 9.42. The number of carbonyl (C=O) groups is 2. The van der Waals surface area contributed by atoms with Crippen LogP contribution in [-0.2, 0) is 11.3 Å². The van der Waals surface area contributed by atoms with Crippen LogP contribution < -0.4 is 0 Å². The van der Waals surface area contributed by atoms with Crippen LogP contribution in [0.1, 0.15) is 32.7 Å². The molecule has 2 N–H and O–H groups in total. The molecule has 0 aliphatic carbocycles. The minimum Gasteiger partial charge on any atom is -0.506 e. The molecule has 0 saturated heterocycles. The number of nitrogens with zero attached hydrogens (tertiary/aromatic N) is 2. The van der Waals surface area contributed by atoms with Crippen LogP contribution in [0.2, 0.25) is 5.02 Å². The zero-order valence-electron chi connectivity index (χ0n) is 18.4. The van der Waals surface area contributed by atoms with Crippen LogP contribution in [0.25, 0.3) is 10.6 Å². The van der Waals surface area contributed by atoms with Crippen LogP contribution in [0.5, 0.6) is 5.75 Å². The van der Waals surface area contributed by atoms with Gasteiger partial charge in [-0.25, -0.2) is 4.98 Å². The fraction of sp³-hybridized carbons (Fsp3) is 0.115. The smallest absolute Gasteiger partial charge is 0.290 e. The molecule has 35 heavy (non-hydrogen) atoms. The minimum atomic E-state index is -0.945. The molecule has 176 valence electrons. The SMILES string of the molecule is Cc1nc(-c2ccccc2)sc1C(=O)C1=C(O)C(=O)N(Cc2ccco2)C1c1ccc(O)c(Cl)c1. The van der Waals surface area contributed by atoms with Gasteiger partial charge >= 0.3 is 0 Å². The van der Waals surface area contributed by atoms with Gasteiger partial charge in [0.1, 0.15) is 16.5 Å². The molecule has 1 unspecified atom stereocenters. The average molecular weight is 507 g/mol. The van der Waals surface area contributed by atoms with Gasteiger partial charge in [-0.1, -0.05) is 48.0 Å². The number of aliphatic hydroxyl groups is 1. The first kappa shape index (κ1) is 22.9. The lowest BCUT2D eigenvalue weighted by molar-refractivity contribution is -0.130. The molecule has 2 aromatic heterocycles. The van der Waals surface area contributed by atoms with Crippen molar-refractivity contribution >= 4 is 34.6 Å². The number of benzene rings is 2. The van der Waals surface area contributed by atoms with Gasteiger partial charge < -0.3 is 19.5 Å². The Kier molecular flexibility index (Phi) is 5.92. The Bertz CT molecular complexity index is 1460. The van der Waals surface area contributed by atoms with E-state index in [1.165, 1.54) is 34.6 Å². The molecule has 0 spiro atoms. The second kappa shape index (κ2) is 9.05. The van der Waals surface area contributed by atoms with Crippen molar-refractivity contribution in [3.05, 3.63) is 105 Å². The Labute approximate surface area is 209 Å². The quantitative estimate of drug-likeness (QED) is 0.318. The highest BCUT2D eigenvalue weighted by Gasteiger charge is 2.45. The highest BCUT2D eigenvalue weighted by Crippen LogP contribution is 2.43. The summed E-state index contributed by atoms with van der Waals surface area (Å²) < 4.78 is 5.40. The van der Waals surface area contributed by atoms with E-state index in [1.54, 1.807) is 25.1 Å². The summed E-state index contributed by atoms with van der Waals surface area (Å²) in [6, 6.07) is 16.3. The molecule has 3 heterocycles. The van der Waals surface area contributed by atoms with Crippen LogP contribution in [-0.4, -0.2) is 31.8 Å². The van der Waals surface area contributed by atoms with Crippen LogP contribution in [0.15, 0.2) is 82.7 Å². The van der Waals surface area contributed by atoms with Crippen molar-refractivity contribution in [1.29, 1.82) is 0 Å². The molecule has 1 amide bonds. The molecule has 0 radical (unpaired) electrons. The molecular weight excluding hydrogens is 488 g/mol. The average Bonchev–Trinajstić information content (AvgIpc) is 3.57. The fourth-order valence-electron chi connectivity index (χ4n) is 4.09. The van der Waals surface area contributed by atoms with E-state index < -0.39 is 23.5 Å². The fourth-order valence-corrected chi connectivity index (χ4v) is 5.31. The van der Waals surface area contributed by atoms with Gasteiger partial charge in [0.25, 0.3) is 5.91 Å². The van der Waals surface area contributed by atoms with Gasteiger partial charge in [0.15, 0.2) is 5.76 Å².